The molecule has 0 atom stereocenters. The molecule has 0 amide bonds. The zero-order chi connectivity index (χ0) is 3.58. The second kappa shape index (κ2) is 4.61. The van der Waals surface area contributed by atoms with Crippen molar-refractivity contribution in [1.82, 2.24) is 0 Å². The zero-order valence-electron chi connectivity index (χ0n) is 3.62. The van der Waals surface area contributed by atoms with Crippen LogP contribution in [0.15, 0.2) is 0 Å². The van der Waals surface area contributed by atoms with Crippen LogP contribution in [0, 0.1) is 0 Å². The average molecular weight is 259 g/mol. The fraction of sp³-hybridized carbons (Fsp3) is 0.667. The normalized spacial score (nSPS) is 5.20. The average Bonchev–Trinajstić information content (AvgIpc) is 0.811. The van der Waals surface area contributed by atoms with Crippen molar-refractivity contribution in [3.63, 3.8) is 0 Å². The molecule has 0 unspecified atom stereocenters. The van der Waals surface area contributed by atoms with E-state index in [9.17, 15) is 4.79 Å². The van der Waals surface area contributed by atoms with Gasteiger partial charge in [0.25, 0.3) is 0 Å². The third-order valence-electron chi connectivity index (χ3n) is 0. The Labute approximate surface area is 52.3 Å². The number of Topliss-reactive ketones (excluding diaryl/α,β-unsaturated/α-hetero) is 1. The molecule has 0 radical (unpaired) electrons. The first-order valence-electron chi connectivity index (χ1n) is 1.20. The minimum atomic E-state index is 0. The molecule has 0 aromatic heterocycles. The summed E-state index contributed by atoms with van der Waals surface area (Å²) in [6.45, 7) is 3.06. The summed E-state index contributed by atoms with van der Waals surface area (Å²) in [5, 5.41) is 0. The van der Waals surface area contributed by atoms with Crippen molar-refractivity contribution in [2.45, 2.75) is 13.8 Å². The van der Waals surface area contributed by atoms with Gasteiger partial charge in [-0.15, -0.1) is 0 Å². The van der Waals surface area contributed by atoms with Gasteiger partial charge in [-0.25, -0.2) is 0 Å². The molecular weight excluding hydrogens is 253 g/mol. The van der Waals surface area contributed by atoms with Gasteiger partial charge in [0.2, 0.25) is 0 Å². The molecule has 2 heteroatoms. The molecular formula is C3H6HgO. The molecule has 0 bridgehead atoms. The third kappa shape index (κ3) is 85.4. The van der Waals surface area contributed by atoms with Gasteiger partial charge < -0.3 is 4.79 Å². The van der Waals surface area contributed by atoms with E-state index in [4.69, 9.17) is 0 Å². The molecule has 0 aliphatic heterocycles. The summed E-state index contributed by atoms with van der Waals surface area (Å²) in [6, 6.07) is 0. The van der Waals surface area contributed by atoms with Gasteiger partial charge >= 0.3 is 0 Å². The van der Waals surface area contributed by atoms with E-state index in [1.807, 2.05) is 0 Å². The van der Waals surface area contributed by atoms with Crippen molar-refractivity contribution in [3.8, 4) is 0 Å². The SMILES string of the molecule is CC(C)=O.[Hg]. The van der Waals surface area contributed by atoms with Gasteiger partial charge in [0.05, 0.1) is 0 Å². The molecule has 0 rings (SSSR count). The maximum absolute atomic E-state index is 9.44. The number of carbonyl (C=O) groups excluding carboxylic acids is 1. The van der Waals surface area contributed by atoms with Gasteiger partial charge in [0.15, 0.2) is 0 Å². The van der Waals surface area contributed by atoms with Crippen LogP contribution in [0.3, 0.4) is 0 Å². The van der Waals surface area contributed by atoms with E-state index < -0.39 is 0 Å². The fourth-order valence-corrected chi connectivity index (χ4v) is 0. The Balaban J connectivity index is 0. The zero-order valence-corrected chi connectivity index (χ0v) is 9.11. The van der Waals surface area contributed by atoms with Gasteiger partial charge in [0.1, 0.15) is 5.78 Å². The Morgan fingerprint density at radius 2 is 1.40 bits per heavy atom. The molecule has 0 heterocycles. The smallest absolute Gasteiger partial charge is 0.126 e. The van der Waals surface area contributed by atoms with Gasteiger partial charge in [-0.3, -0.25) is 0 Å². The molecule has 0 spiro atoms. The van der Waals surface area contributed by atoms with Gasteiger partial charge in [-0.2, -0.15) is 0 Å². The molecule has 0 N–H and O–H groups in total. The summed E-state index contributed by atoms with van der Waals surface area (Å²) < 4.78 is 0. The summed E-state index contributed by atoms with van der Waals surface area (Å²) >= 11 is 0. The molecule has 26 valence electrons. The van der Waals surface area contributed by atoms with Crippen molar-refractivity contribution in [1.29, 1.82) is 0 Å². The molecule has 0 aliphatic rings. The second-order valence-electron chi connectivity index (χ2n) is 0.908. The summed E-state index contributed by atoms with van der Waals surface area (Å²) in [7, 11) is 0. The topological polar surface area (TPSA) is 17.1 Å². The second-order valence-corrected chi connectivity index (χ2v) is 0.908. The van der Waals surface area contributed by atoms with Gasteiger partial charge in [-0.1, -0.05) is 0 Å². The van der Waals surface area contributed by atoms with E-state index in [2.05, 4.69) is 0 Å². The van der Waals surface area contributed by atoms with Gasteiger partial charge in [-0.05, 0) is 13.8 Å². The van der Waals surface area contributed by atoms with Crippen LogP contribution in [-0.2, 0) is 32.5 Å². The molecule has 5 heavy (non-hydrogen) atoms. The maximum atomic E-state index is 9.44. The van der Waals surface area contributed by atoms with Gasteiger partial charge in [0, 0.05) is 27.7 Å². The first kappa shape index (κ1) is 9.15. The molecule has 0 aromatic carbocycles. The van der Waals surface area contributed by atoms with Crippen LogP contribution in [0.5, 0.6) is 0 Å². The monoisotopic (exact) mass is 260 g/mol. The summed E-state index contributed by atoms with van der Waals surface area (Å²) in [5.74, 6) is 0.167. The first-order chi connectivity index (χ1) is 1.73. The third-order valence-corrected chi connectivity index (χ3v) is 0. The molecule has 0 aromatic rings. The van der Waals surface area contributed by atoms with Crippen LogP contribution >= 0.6 is 0 Å². The van der Waals surface area contributed by atoms with Crippen LogP contribution in [0.25, 0.3) is 0 Å². The van der Waals surface area contributed by atoms with E-state index >= 15 is 0 Å². The molecule has 1 nitrogen and oxygen atoms in total. The van der Waals surface area contributed by atoms with E-state index in [0.29, 0.717) is 0 Å². The standard InChI is InChI=1S/C3H6O.Hg/c1-3(2)4;/h1-2H3;. The Hall–Kier alpha value is 0.605. The summed E-state index contributed by atoms with van der Waals surface area (Å²) in [4.78, 5) is 9.44. The van der Waals surface area contributed by atoms with E-state index in [1.165, 1.54) is 13.8 Å². The van der Waals surface area contributed by atoms with Crippen LogP contribution in [0.4, 0.5) is 0 Å². The number of hydrogen-bond donors (Lipinski definition) is 0. The van der Waals surface area contributed by atoms with Crippen molar-refractivity contribution < 1.29 is 32.5 Å². The Morgan fingerprint density at radius 3 is 1.40 bits per heavy atom. The van der Waals surface area contributed by atoms with Crippen molar-refractivity contribution >= 4 is 5.78 Å². The minimum absolute atomic E-state index is 0. The number of ketones is 1. The largest absolute Gasteiger partial charge is 0.300 e. The predicted octanol–water partition coefficient (Wildman–Crippen LogP) is 0.593. The van der Waals surface area contributed by atoms with E-state index in [0.717, 1.165) is 0 Å². The number of carbonyl (C=O) groups is 1. The Bertz CT molecular complexity index is 29.9. The van der Waals surface area contributed by atoms with E-state index in [1.54, 1.807) is 0 Å². The van der Waals surface area contributed by atoms with Crippen LogP contribution in [-0.4, -0.2) is 5.78 Å². The number of rotatable bonds is 0. The van der Waals surface area contributed by atoms with Crippen LogP contribution < -0.4 is 0 Å². The van der Waals surface area contributed by atoms with Crippen molar-refractivity contribution in [2.24, 2.45) is 0 Å². The van der Waals surface area contributed by atoms with Crippen molar-refractivity contribution in [2.75, 3.05) is 0 Å². The maximum Gasteiger partial charge on any atom is 0.126 e. The Kier molecular flexibility index (Phi) is 8.42. The molecule has 0 saturated heterocycles. The fourth-order valence-electron chi connectivity index (χ4n) is 0. The molecule has 0 fully saturated rings. The minimum Gasteiger partial charge on any atom is -0.300 e. The molecule has 0 aliphatic carbocycles. The number of hydrogen-bond acceptors (Lipinski definition) is 1. The van der Waals surface area contributed by atoms with Crippen molar-refractivity contribution in [3.05, 3.63) is 0 Å². The Morgan fingerprint density at radius 1 is 1.40 bits per heavy atom. The van der Waals surface area contributed by atoms with E-state index in [-0.39, 0.29) is 33.5 Å². The quantitative estimate of drug-likeness (QED) is 0.582. The predicted molar refractivity (Wildman–Crippen MR) is 16.4 cm³/mol. The summed E-state index contributed by atoms with van der Waals surface area (Å²) in [5.41, 5.74) is 0. The first-order valence-corrected chi connectivity index (χ1v) is 1.20. The van der Waals surface area contributed by atoms with Crippen LogP contribution in [0.2, 0.25) is 0 Å². The summed E-state index contributed by atoms with van der Waals surface area (Å²) in [6.07, 6.45) is 0. The molecule has 0 saturated carbocycles. The van der Waals surface area contributed by atoms with Crippen LogP contribution in [0.1, 0.15) is 13.8 Å².